The molecule has 0 aromatic heterocycles. The number of carbonyl (C=O) groups is 1. The molecule has 4 heteroatoms. The molecule has 0 fully saturated rings. The van der Waals surface area contributed by atoms with Gasteiger partial charge in [-0.25, -0.2) is 0 Å². The molecule has 1 rings (SSSR count). The zero-order valence-corrected chi connectivity index (χ0v) is 24.3. The van der Waals surface area contributed by atoms with Crippen LogP contribution in [0.1, 0.15) is 115 Å². The minimum absolute atomic E-state index is 0.0367. The molecule has 0 heterocycles. The summed E-state index contributed by atoms with van der Waals surface area (Å²) in [6.45, 7) is 16.9. The molecule has 0 unspecified atom stereocenters. The topological polar surface area (TPSA) is 49.3 Å². The molecule has 1 amide bonds. The van der Waals surface area contributed by atoms with Crippen molar-refractivity contribution < 1.29 is 14.4 Å². The number of nitrogens with zero attached hydrogens (tertiary/aromatic N) is 1. The molecule has 4 nitrogen and oxygen atoms in total. The summed E-state index contributed by atoms with van der Waals surface area (Å²) in [5.41, 5.74) is 2.54. The number of carbonyl (C=O) groups excluding carboxylic acids is 1. The van der Waals surface area contributed by atoms with Crippen LogP contribution in [0.4, 0.5) is 0 Å². The summed E-state index contributed by atoms with van der Waals surface area (Å²) in [6.07, 6.45) is 9.96. The smallest absolute Gasteiger partial charge is 0.251 e. The minimum Gasteiger partial charge on any atom is -0.507 e. The predicted octanol–water partition coefficient (Wildman–Crippen LogP) is 7.37. The van der Waals surface area contributed by atoms with E-state index in [9.17, 15) is 9.90 Å². The minimum atomic E-state index is -0.0367. The lowest BCUT2D eigenvalue weighted by Gasteiger charge is -2.26. The van der Waals surface area contributed by atoms with Gasteiger partial charge in [-0.1, -0.05) is 80.6 Å². The maximum Gasteiger partial charge on any atom is 0.251 e. The lowest BCUT2D eigenvalue weighted by atomic mass is 9.79. The van der Waals surface area contributed by atoms with Gasteiger partial charge in [0.05, 0.1) is 27.7 Å². The fraction of sp³-hybridized carbons (Fsp3) is 0.767. The molecule has 34 heavy (non-hydrogen) atoms. The van der Waals surface area contributed by atoms with Crippen molar-refractivity contribution in [2.45, 2.75) is 106 Å². The van der Waals surface area contributed by atoms with Crippen LogP contribution in [0.25, 0.3) is 0 Å². The largest absolute Gasteiger partial charge is 0.507 e. The summed E-state index contributed by atoms with van der Waals surface area (Å²) < 4.78 is 0.895. The van der Waals surface area contributed by atoms with Crippen molar-refractivity contribution in [3.8, 4) is 5.75 Å². The maximum atomic E-state index is 12.8. The van der Waals surface area contributed by atoms with Gasteiger partial charge in [-0.05, 0) is 53.9 Å². The highest BCUT2D eigenvalue weighted by atomic mass is 16.3. The standard InChI is InChI=1S/C28H50N2O2.C2H6/c1-9-22(10-2)15-12-13-16-28(4,5)21-25-20-24(19-23(11-3)26(25)31)27(32)29-17-14-18-30(6,7)8;1-2/h19-20,22H,9-18,21H2,1-8H3,(H-,29,31,32);1-2H3/p+1. The van der Waals surface area contributed by atoms with Crippen LogP contribution in [0.5, 0.6) is 5.75 Å². The summed E-state index contributed by atoms with van der Waals surface area (Å²) in [5, 5.41) is 13.9. The van der Waals surface area contributed by atoms with Crippen LogP contribution >= 0.6 is 0 Å². The van der Waals surface area contributed by atoms with E-state index in [2.05, 4.69) is 54.2 Å². The third-order valence-electron chi connectivity index (χ3n) is 6.74. The summed E-state index contributed by atoms with van der Waals surface area (Å²) in [4.78, 5) is 12.8. The second kappa shape index (κ2) is 16.2. The molecule has 0 radical (unpaired) electrons. The molecule has 0 bridgehead atoms. The second-order valence-corrected chi connectivity index (χ2v) is 11.4. The summed E-state index contributed by atoms with van der Waals surface area (Å²) in [5.74, 6) is 1.19. The first-order valence-corrected chi connectivity index (χ1v) is 13.9. The van der Waals surface area contributed by atoms with Crippen molar-refractivity contribution in [3.05, 3.63) is 28.8 Å². The van der Waals surface area contributed by atoms with Gasteiger partial charge in [0.2, 0.25) is 0 Å². The number of hydrogen-bond donors (Lipinski definition) is 2. The Bertz CT molecular complexity index is 700. The Balaban J connectivity index is 0.00000529. The highest BCUT2D eigenvalue weighted by Gasteiger charge is 2.22. The molecule has 2 N–H and O–H groups in total. The number of nitrogens with one attached hydrogen (secondary N) is 1. The zero-order valence-electron chi connectivity index (χ0n) is 24.3. The van der Waals surface area contributed by atoms with Crippen LogP contribution in [0.2, 0.25) is 0 Å². The van der Waals surface area contributed by atoms with Gasteiger partial charge in [0.15, 0.2) is 0 Å². The molecule has 0 atom stereocenters. The third kappa shape index (κ3) is 12.8. The number of hydrogen-bond acceptors (Lipinski definition) is 2. The van der Waals surface area contributed by atoms with E-state index < -0.39 is 0 Å². The molecule has 0 aliphatic rings. The zero-order chi connectivity index (χ0) is 26.4. The van der Waals surface area contributed by atoms with Gasteiger partial charge in [0.1, 0.15) is 5.75 Å². The van der Waals surface area contributed by atoms with Gasteiger partial charge in [-0.2, -0.15) is 0 Å². The number of rotatable bonds is 15. The number of phenolic OH excluding ortho intramolecular Hbond substituents is 1. The highest BCUT2D eigenvalue weighted by Crippen LogP contribution is 2.35. The molecule has 1 aromatic carbocycles. The molecule has 1 aromatic rings. The Morgan fingerprint density at radius 3 is 2.12 bits per heavy atom. The number of phenols is 1. The number of aromatic hydroxyl groups is 1. The van der Waals surface area contributed by atoms with Crippen molar-refractivity contribution in [3.63, 3.8) is 0 Å². The number of benzene rings is 1. The lowest BCUT2D eigenvalue weighted by Crippen LogP contribution is -2.37. The molecule has 0 aliphatic carbocycles. The molecule has 0 saturated carbocycles. The maximum absolute atomic E-state index is 12.8. The van der Waals surface area contributed by atoms with Crippen LogP contribution in [-0.2, 0) is 12.8 Å². The Morgan fingerprint density at radius 1 is 1.00 bits per heavy atom. The van der Waals surface area contributed by atoms with Crippen molar-refractivity contribution in [2.24, 2.45) is 11.3 Å². The Morgan fingerprint density at radius 2 is 1.59 bits per heavy atom. The summed E-state index contributed by atoms with van der Waals surface area (Å²) in [7, 11) is 6.49. The number of quaternary nitrogens is 1. The number of amides is 1. The van der Waals surface area contributed by atoms with Crippen molar-refractivity contribution >= 4 is 5.91 Å². The normalized spacial score (nSPS) is 11.9. The fourth-order valence-electron chi connectivity index (χ4n) is 4.49. The quantitative estimate of drug-likeness (QED) is 0.205. The SMILES string of the molecule is CC.CCc1cc(C(=O)NCCC[N+](C)(C)C)cc(CC(C)(C)CCCCC(CC)CC)c1O. The summed E-state index contributed by atoms with van der Waals surface area (Å²) >= 11 is 0. The van der Waals surface area contributed by atoms with Crippen molar-refractivity contribution in [2.75, 3.05) is 34.2 Å². The summed E-state index contributed by atoms with van der Waals surface area (Å²) in [6, 6.07) is 3.77. The van der Waals surface area contributed by atoms with Crippen LogP contribution in [0, 0.1) is 11.3 Å². The van der Waals surface area contributed by atoms with Crippen LogP contribution < -0.4 is 5.32 Å². The van der Waals surface area contributed by atoms with Gasteiger partial charge < -0.3 is 14.9 Å². The average molecular weight is 478 g/mol. The Kier molecular flexibility index (Phi) is 15.4. The monoisotopic (exact) mass is 477 g/mol. The molecule has 198 valence electrons. The van der Waals surface area contributed by atoms with Gasteiger partial charge in [-0.15, -0.1) is 0 Å². The van der Waals surface area contributed by atoms with Gasteiger partial charge in [-0.3, -0.25) is 4.79 Å². The molecule has 0 saturated heterocycles. The van der Waals surface area contributed by atoms with E-state index >= 15 is 0 Å². The second-order valence-electron chi connectivity index (χ2n) is 11.4. The van der Waals surface area contributed by atoms with Gasteiger partial charge in [0, 0.05) is 18.5 Å². The number of aryl methyl sites for hydroxylation is 1. The van der Waals surface area contributed by atoms with E-state index in [1.807, 2.05) is 32.9 Å². The molecule has 0 aliphatic heterocycles. The van der Waals surface area contributed by atoms with Gasteiger partial charge in [0.25, 0.3) is 5.91 Å². The Labute approximate surface area is 212 Å². The van der Waals surface area contributed by atoms with E-state index in [-0.39, 0.29) is 11.3 Å². The highest BCUT2D eigenvalue weighted by molar-refractivity contribution is 5.94. The van der Waals surface area contributed by atoms with E-state index in [1.165, 1.54) is 32.1 Å². The van der Waals surface area contributed by atoms with E-state index in [1.54, 1.807) is 0 Å². The predicted molar refractivity (Wildman–Crippen MR) is 149 cm³/mol. The van der Waals surface area contributed by atoms with Crippen LogP contribution in [0.3, 0.4) is 0 Å². The first-order chi connectivity index (χ1) is 15.9. The van der Waals surface area contributed by atoms with E-state index in [0.29, 0.717) is 17.9 Å². The first-order valence-electron chi connectivity index (χ1n) is 13.9. The Hall–Kier alpha value is -1.55. The van der Waals surface area contributed by atoms with E-state index in [4.69, 9.17) is 0 Å². The fourth-order valence-corrected chi connectivity index (χ4v) is 4.49. The molecular formula is C30H57N2O2+. The lowest BCUT2D eigenvalue weighted by molar-refractivity contribution is -0.870. The van der Waals surface area contributed by atoms with E-state index in [0.717, 1.165) is 53.8 Å². The molecular weight excluding hydrogens is 420 g/mol. The van der Waals surface area contributed by atoms with Crippen LogP contribution in [0.15, 0.2) is 12.1 Å². The first kappa shape index (κ1) is 32.5. The van der Waals surface area contributed by atoms with Crippen molar-refractivity contribution in [1.29, 1.82) is 0 Å². The molecule has 0 spiro atoms. The average Bonchev–Trinajstić information content (AvgIpc) is 2.78. The van der Waals surface area contributed by atoms with Crippen molar-refractivity contribution in [1.82, 2.24) is 5.32 Å². The van der Waals surface area contributed by atoms with Crippen LogP contribution in [-0.4, -0.2) is 49.7 Å². The van der Waals surface area contributed by atoms with Gasteiger partial charge >= 0.3 is 0 Å². The number of unbranched alkanes of at least 4 members (excludes halogenated alkanes) is 1. The third-order valence-corrected chi connectivity index (χ3v) is 6.74.